The molecule has 3 N–H and O–H groups in total. The maximum atomic E-state index is 12.6. The Labute approximate surface area is 525 Å². The summed E-state index contributed by atoms with van der Waals surface area (Å²) >= 11 is 0. The summed E-state index contributed by atoms with van der Waals surface area (Å²) < 4.78 is 5.48. The van der Waals surface area contributed by atoms with Crippen molar-refractivity contribution in [3.8, 4) is 0 Å². The van der Waals surface area contributed by atoms with Crippen LogP contribution in [0.5, 0.6) is 0 Å². The summed E-state index contributed by atoms with van der Waals surface area (Å²) in [5.41, 5.74) is 0. The molecule has 0 aliphatic rings. The van der Waals surface area contributed by atoms with Crippen LogP contribution in [0.2, 0.25) is 0 Å². The Hall–Kier alpha value is -2.18. The number of aliphatic hydroxyl groups excluding tert-OH is 2. The number of carbonyl (C=O) groups excluding carboxylic acids is 2. The highest BCUT2D eigenvalue weighted by molar-refractivity contribution is 5.76. The fourth-order valence-electron chi connectivity index (χ4n) is 11.8. The van der Waals surface area contributed by atoms with Crippen LogP contribution in [-0.4, -0.2) is 47.4 Å². The number of nitrogens with one attached hydrogen (secondary N) is 1. The fraction of sp³-hybridized carbons (Fsp3) is 0.872. The van der Waals surface area contributed by atoms with E-state index in [2.05, 4.69) is 67.8 Å². The quantitative estimate of drug-likeness (QED) is 0.0320. The van der Waals surface area contributed by atoms with Gasteiger partial charge < -0.3 is 20.3 Å². The molecule has 494 valence electrons. The van der Waals surface area contributed by atoms with Crippen molar-refractivity contribution in [1.29, 1.82) is 0 Å². The van der Waals surface area contributed by atoms with Crippen LogP contribution in [0.3, 0.4) is 0 Å². The highest BCUT2D eigenvalue weighted by atomic mass is 16.5. The third-order valence-corrected chi connectivity index (χ3v) is 17.6. The molecule has 6 nitrogen and oxygen atoms in total. The number of hydrogen-bond donors (Lipinski definition) is 3. The minimum Gasteiger partial charge on any atom is -0.466 e. The second-order valence-electron chi connectivity index (χ2n) is 26.0. The van der Waals surface area contributed by atoms with Gasteiger partial charge in [0.25, 0.3) is 0 Å². The summed E-state index contributed by atoms with van der Waals surface area (Å²) in [5.74, 6) is -0.0312. The van der Waals surface area contributed by atoms with Crippen LogP contribution < -0.4 is 5.32 Å². The van der Waals surface area contributed by atoms with Gasteiger partial charge in [0.1, 0.15) is 0 Å². The molecule has 0 heterocycles. The molecule has 0 spiro atoms. The highest BCUT2D eigenvalue weighted by Gasteiger charge is 2.20. The monoisotopic (exact) mass is 1180 g/mol. The number of allylic oxidation sites excluding steroid dienone is 8. The summed E-state index contributed by atoms with van der Waals surface area (Å²) in [6.45, 7) is 4.94. The van der Waals surface area contributed by atoms with Crippen molar-refractivity contribution in [2.45, 2.75) is 424 Å². The van der Waals surface area contributed by atoms with Crippen LogP contribution >= 0.6 is 0 Å². The minimum atomic E-state index is -0.666. The molecule has 0 aromatic heterocycles. The standard InChI is InChI=1S/C78H147NO5/c1-3-5-7-9-11-13-15-17-19-20-21-22-34-37-40-43-46-50-54-58-62-66-70-76(81)75(74-80)79-77(82)71-67-63-59-55-51-47-44-41-38-35-32-30-28-26-24-23-25-27-29-31-33-36-39-42-45-49-53-57-61-65-69-73-84-78(83)72-68-64-60-56-52-48-18-16-14-12-10-8-6-4-2/h10,12,16,18,25,27,31,33,75-76,80-81H,3-9,11,13-15,17,19-24,26,28-30,32,34-74H2,1-2H3,(H,79,82)/b12-10-,18-16-,27-25-,33-31-. The third-order valence-electron chi connectivity index (χ3n) is 17.6. The number of hydrogen-bond acceptors (Lipinski definition) is 5. The smallest absolute Gasteiger partial charge is 0.305 e. The number of unbranched alkanes of at least 4 members (excludes halogenated alkanes) is 52. The lowest BCUT2D eigenvalue weighted by molar-refractivity contribution is -0.143. The van der Waals surface area contributed by atoms with E-state index in [1.807, 2.05) is 0 Å². The molecule has 1 amide bonds. The number of carbonyl (C=O) groups is 2. The van der Waals surface area contributed by atoms with Crippen molar-refractivity contribution in [3.63, 3.8) is 0 Å². The zero-order chi connectivity index (χ0) is 60.6. The number of amides is 1. The largest absolute Gasteiger partial charge is 0.466 e. The number of ether oxygens (including phenoxy) is 1. The van der Waals surface area contributed by atoms with Crippen LogP contribution in [0.25, 0.3) is 0 Å². The molecule has 0 bridgehead atoms. The van der Waals surface area contributed by atoms with E-state index >= 15 is 0 Å². The van der Waals surface area contributed by atoms with Gasteiger partial charge in [0.2, 0.25) is 5.91 Å². The van der Waals surface area contributed by atoms with Gasteiger partial charge in [-0.25, -0.2) is 0 Å². The van der Waals surface area contributed by atoms with Crippen LogP contribution in [-0.2, 0) is 14.3 Å². The molecular formula is C78H147NO5. The van der Waals surface area contributed by atoms with E-state index in [1.54, 1.807) is 0 Å². The average Bonchev–Trinajstić information content (AvgIpc) is 3.51. The molecule has 0 fully saturated rings. The van der Waals surface area contributed by atoms with E-state index < -0.39 is 12.1 Å². The molecule has 0 saturated carbocycles. The number of aliphatic hydroxyl groups is 2. The van der Waals surface area contributed by atoms with Gasteiger partial charge in [-0.05, 0) is 83.5 Å². The molecule has 84 heavy (non-hydrogen) atoms. The Kier molecular flexibility index (Phi) is 71.4. The van der Waals surface area contributed by atoms with Gasteiger partial charge in [0.05, 0.1) is 25.4 Å². The predicted molar refractivity (Wildman–Crippen MR) is 370 cm³/mol. The summed E-state index contributed by atoms with van der Waals surface area (Å²) in [5, 5.41) is 23.5. The van der Waals surface area contributed by atoms with Gasteiger partial charge in [-0.3, -0.25) is 9.59 Å². The maximum absolute atomic E-state index is 12.6. The highest BCUT2D eigenvalue weighted by Crippen LogP contribution is 2.19. The molecule has 0 aliphatic carbocycles. The SMILES string of the molecule is CCCC/C=C\C/C=C\CCCCCCCC(=O)OCCCCCCCCCCC/C=C\C/C=C\CCCCCCCCCCCCCCCCCC(=O)NC(CO)C(O)CCCCCCCCCCCCCCCCCCCCCCCC. The van der Waals surface area contributed by atoms with Gasteiger partial charge in [0.15, 0.2) is 0 Å². The van der Waals surface area contributed by atoms with E-state index in [4.69, 9.17) is 4.74 Å². The first-order valence-corrected chi connectivity index (χ1v) is 37.9. The summed E-state index contributed by atoms with van der Waals surface area (Å²) in [6.07, 6.45) is 96.1. The first-order chi connectivity index (χ1) is 41.5. The Balaban J connectivity index is 3.40. The second-order valence-corrected chi connectivity index (χ2v) is 26.0. The van der Waals surface area contributed by atoms with Gasteiger partial charge in [-0.2, -0.15) is 0 Å². The zero-order valence-electron chi connectivity index (χ0n) is 56.6. The molecule has 0 aromatic rings. The molecule has 0 aliphatic heterocycles. The van der Waals surface area contributed by atoms with Crippen LogP contribution in [0.4, 0.5) is 0 Å². The zero-order valence-corrected chi connectivity index (χ0v) is 56.6. The fourth-order valence-corrected chi connectivity index (χ4v) is 11.8. The third kappa shape index (κ3) is 68.9. The van der Waals surface area contributed by atoms with Crippen LogP contribution in [0, 0.1) is 0 Å². The van der Waals surface area contributed by atoms with Crippen molar-refractivity contribution in [3.05, 3.63) is 48.6 Å². The Bertz CT molecular complexity index is 1400. The molecular weight excluding hydrogens is 1030 g/mol. The predicted octanol–water partition coefficient (Wildman–Crippen LogP) is 24.8. The van der Waals surface area contributed by atoms with E-state index in [0.29, 0.717) is 25.9 Å². The van der Waals surface area contributed by atoms with Crippen LogP contribution in [0.1, 0.15) is 412 Å². The molecule has 0 aromatic carbocycles. The van der Waals surface area contributed by atoms with E-state index in [0.717, 1.165) is 57.8 Å². The maximum Gasteiger partial charge on any atom is 0.305 e. The van der Waals surface area contributed by atoms with Gasteiger partial charge in [-0.15, -0.1) is 0 Å². The van der Waals surface area contributed by atoms with Crippen molar-refractivity contribution in [2.24, 2.45) is 0 Å². The summed E-state index contributed by atoms with van der Waals surface area (Å²) in [7, 11) is 0. The van der Waals surface area contributed by atoms with Crippen molar-refractivity contribution in [1.82, 2.24) is 5.32 Å². The molecule has 2 unspecified atom stereocenters. The molecule has 0 radical (unpaired) electrons. The Morgan fingerprint density at radius 1 is 0.333 bits per heavy atom. The number of rotatable bonds is 71. The van der Waals surface area contributed by atoms with Gasteiger partial charge >= 0.3 is 5.97 Å². The summed E-state index contributed by atoms with van der Waals surface area (Å²) in [6, 6.07) is -0.543. The van der Waals surface area contributed by atoms with Crippen molar-refractivity contribution in [2.75, 3.05) is 13.2 Å². The lowest BCUT2D eigenvalue weighted by Crippen LogP contribution is -2.45. The molecule has 6 heteroatoms. The topological polar surface area (TPSA) is 95.9 Å². The first-order valence-electron chi connectivity index (χ1n) is 37.9. The Morgan fingerprint density at radius 2 is 0.607 bits per heavy atom. The Morgan fingerprint density at radius 3 is 0.940 bits per heavy atom. The normalized spacial score (nSPS) is 12.8. The van der Waals surface area contributed by atoms with Crippen molar-refractivity contribution < 1.29 is 24.5 Å². The molecule has 2 atom stereocenters. The minimum absolute atomic E-state index is 0.00118. The number of esters is 1. The summed E-state index contributed by atoms with van der Waals surface area (Å²) in [4.78, 5) is 24.6. The lowest BCUT2D eigenvalue weighted by atomic mass is 10.0. The van der Waals surface area contributed by atoms with Gasteiger partial charge in [-0.1, -0.05) is 364 Å². The van der Waals surface area contributed by atoms with Crippen LogP contribution in [0.15, 0.2) is 48.6 Å². The van der Waals surface area contributed by atoms with E-state index in [-0.39, 0.29) is 18.5 Å². The first kappa shape index (κ1) is 81.8. The second kappa shape index (κ2) is 73.3. The lowest BCUT2D eigenvalue weighted by Gasteiger charge is -2.22. The van der Waals surface area contributed by atoms with Gasteiger partial charge in [0, 0.05) is 12.8 Å². The van der Waals surface area contributed by atoms with E-state index in [9.17, 15) is 19.8 Å². The molecule has 0 saturated heterocycles. The van der Waals surface area contributed by atoms with Crippen molar-refractivity contribution >= 4 is 11.9 Å². The average molecular weight is 1180 g/mol. The van der Waals surface area contributed by atoms with E-state index in [1.165, 1.54) is 321 Å². The molecule has 0 rings (SSSR count).